The molecule has 0 radical (unpaired) electrons. The number of carbonyl (C=O) groups excluding carboxylic acids is 1. The Balaban J connectivity index is 1.85. The highest BCUT2D eigenvalue weighted by Gasteiger charge is 2.11. The third-order valence-corrected chi connectivity index (χ3v) is 3.54. The smallest absolute Gasteiger partial charge is 0.332 e. The summed E-state index contributed by atoms with van der Waals surface area (Å²) in [4.78, 5) is 15.9. The highest BCUT2D eigenvalue weighted by Crippen LogP contribution is 2.13. The van der Waals surface area contributed by atoms with Crippen LogP contribution in [0.15, 0.2) is 48.7 Å². The van der Waals surface area contributed by atoms with E-state index in [0.29, 0.717) is 23.6 Å². The Morgan fingerprint density at radius 2 is 2.00 bits per heavy atom. The first-order valence-electron chi connectivity index (χ1n) is 8.14. The zero-order chi connectivity index (χ0) is 18.4. The fraction of sp³-hybridized carbons (Fsp3) is 0.200. The molecule has 0 fully saturated rings. The molecule has 6 heteroatoms. The molecule has 0 spiro atoms. The third kappa shape index (κ3) is 4.26. The van der Waals surface area contributed by atoms with E-state index in [2.05, 4.69) is 16.8 Å². The number of nitrogens with zero attached hydrogens (tertiary/aromatic N) is 2. The van der Waals surface area contributed by atoms with Crippen molar-refractivity contribution in [2.24, 2.45) is 0 Å². The molecular weight excluding hydrogens is 335 g/mol. The minimum Gasteiger partial charge on any atom is -0.464 e. The molecule has 3 rings (SSSR count). The molecule has 0 bridgehead atoms. The van der Waals surface area contributed by atoms with E-state index < -0.39 is 5.97 Å². The molecule has 5 nitrogen and oxygen atoms in total. The number of fused-ring (bicyclic) bond motifs is 1. The number of imidazole rings is 1. The maximum atomic E-state index is 13.0. The summed E-state index contributed by atoms with van der Waals surface area (Å²) in [7, 11) is 0. The van der Waals surface area contributed by atoms with Crippen LogP contribution in [0.3, 0.4) is 0 Å². The highest BCUT2D eigenvalue weighted by atomic mass is 19.1. The number of aromatic nitrogens is 2. The Kier molecular flexibility index (Phi) is 5.62. The number of pyridine rings is 1. The first-order valence-corrected chi connectivity index (χ1v) is 8.14. The Labute approximate surface area is 150 Å². The number of benzene rings is 1. The lowest BCUT2D eigenvalue weighted by atomic mass is 10.2. The van der Waals surface area contributed by atoms with Gasteiger partial charge in [0.1, 0.15) is 29.5 Å². The zero-order valence-electron chi connectivity index (χ0n) is 14.2. The molecule has 0 aliphatic carbocycles. The molecule has 2 aromatic heterocycles. The predicted molar refractivity (Wildman–Crippen MR) is 93.9 cm³/mol. The van der Waals surface area contributed by atoms with Gasteiger partial charge in [0.2, 0.25) is 0 Å². The van der Waals surface area contributed by atoms with E-state index in [0.717, 1.165) is 5.65 Å². The lowest BCUT2D eigenvalue weighted by Gasteiger charge is -2.02. The predicted octanol–water partition coefficient (Wildman–Crippen LogP) is 2.95. The molecule has 1 aromatic carbocycles. The highest BCUT2D eigenvalue weighted by molar-refractivity contribution is 5.70. The molecule has 0 aliphatic rings. The summed E-state index contributed by atoms with van der Waals surface area (Å²) in [6.07, 6.45) is 1.85. The summed E-state index contributed by atoms with van der Waals surface area (Å²) < 4.78 is 25.1. The van der Waals surface area contributed by atoms with Crippen molar-refractivity contribution in [3.63, 3.8) is 0 Å². The van der Waals surface area contributed by atoms with Crippen LogP contribution in [-0.4, -0.2) is 28.6 Å². The van der Waals surface area contributed by atoms with Crippen molar-refractivity contribution in [1.29, 1.82) is 0 Å². The van der Waals surface area contributed by atoms with Gasteiger partial charge in [-0.1, -0.05) is 12.0 Å². The van der Waals surface area contributed by atoms with Crippen LogP contribution in [-0.2, 0) is 20.9 Å². The van der Waals surface area contributed by atoms with E-state index in [9.17, 15) is 9.18 Å². The van der Waals surface area contributed by atoms with Gasteiger partial charge in [-0.2, -0.15) is 0 Å². The monoisotopic (exact) mass is 352 g/mol. The molecule has 0 amide bonds. The second-order valence-corrected chi connectivity index (χ2v) is 5.39. The molecule has 0 atom stereocenters. The average molecular weight is 352 g/mol. The molecule has 3 aromatic rings. The first kappa shape index (κ1) is 17.6. The number of hydrogen-bond donors (Lipinski definition) is 0. The topological polar surface area (TPSA) is 52.8 Å². The van der Waals surface area contributed by atoms with Crippen LogP contribution < -0.4 is 0 Å². The molecule has 0 aliphatic heterocycles. The Bertz CT molecular complexity index is 968. The summed E-state index contributed by atoms with van der Waals surface area (Å²) in [5.41, 5.74) is 2.70. The van der Waals surface area contributed by atoms with Crippen molar-refractivity contribution in [3.8, 4) is 11.8 Å². The minimum absolute atomic E-state index is 0.133. The Hall–Kier alpha value is -3.17. The van der Waals surface area contributed by atoms with E-state index in [1.165, 1.54) is 12.1 Å². The summed E-state index contributed by atoms with van der Waals surface area (Å²) in [5, 5.41) is 0. The SMILES string of the molecule is CCOC(=O)COCc1nc2ccccn2c1C#Cc1ccc(F)cc1. The standard InChI is InChI=1S/C20H17FN2O3/c1-2-26-20(24)14-25-13-17-18(23-12-4-3-5-19(23)22-17)11-8-15-6-9-16(21)10-7-15/h3-7,9-10,12H,2,13-14H2,1H3. The molecule has 2 heterocycles. The van der Waals surface area contributed by atoms with Crippen LogP contribution in [0.25, 0.3) is 5.65 Å². The van der Waals surface area contributed by atoms with Gasteiger partial charge in [0, 0.05) is 11.8 Å². The number of carbonyl (C=O) groups is 1. The summed E-state index contributed by atoms with van der Waals surface area (Å²) in [5.74, 6) is 5.34. The zero-order valence-corrected chi connectivity index (χ0v) is 14.2. The second kappa shape index (κ2) is 8.28. The van der Waals surface area contributed by atoms with Crippen molar-refractivity contribution >= 4 is 11.6 Å². The van der Waals surface area contributed by atoms with Crippen LogP contribution in [0, 0.1) is 17.7 Å². The number of hydrogen-bond acceptors (Lipinski definition) is 4. The molecule has 0 saturated carbocycles. The van der Waals surface area contributed by atoms with E-state index in [1.54, 1.807) is 19.1 Å². The van der Waals surface area contributed by atoms with E-state index in [1.807, 2.05) is 28.8 Å². The second-order valence-electron chi connectivity index (χ2n) is 5.39. The van der Waals surface area contributed by atoms with Gasteiger partial charge in [-0.15, -0.1) is 0 Å². The number of ether oxygens (including phenoxy) is 2. The number of halogens is 1. The van der Waals surface area contributed by atoms with Crippen LogP contribution in [0.5, 0.6) is 0 Å². The van der Waals surface area contributed by atoms with Gasteiger partial charge < -0.3 is 9.47 Å². The molecule has 132 valence electrons. The molecule has 0 unspecified atom stereocenters. The van der Waals surface area contributed by atoms with Gasteiger partial charge in [0.25, 0.3) is 0 Å². The third-order valence-electron chi connectivity index (χ3n) is 3.54. The summed E-state index contributed by atoms with van der Waals surface area (Å²) in [6.45, 7) is 2.04. The van der Waals surface area contributed by atoms with Gasteiger partial charge in [-0.25, -0.2) is 14.2 Å². The maximum Gasteiger partial charge on any atom is 0.332 e. The quantitative estimate of drug-likeness (QED) is 0.523. The van der Waals surface area contributed by atoms with Gasteiger partial charge in [0.15, 0.2) is 0 Å². The van der Waals surface area contributed by atoms with Gasteiger partial charge >= 0.3 is 5.97 Å². The Morgan fingerprint density at radius 3 is 2.77 bits per heavy atom. The van der Waals surface area contributed by atoms with Crippen LogP contribution in [0.1, 0.15) is 23.9 Å². The van der Waals surface area contributed by atoms with Crippen molar-refractivity contribution in [2.75, 3.05) is 13.2 Å². The van der Waals surface area contributed by atoms with Crippen molar-refractivity contribution in [3.05, 3.63) is 71.4 Å². The maximum absolute atomic E-state index is 13.0. The lowest BCUT2D eigenvalue weighted by molar-refractivity contribution is -0.148. The minimum atomic E-state index is -0.421. The summed E-state index contributed by atoms with van der Waals surface area (Å²) >= 11 is 0. The fourth-order valence-electron chi connectivity index (χ4n) is 2.38. The van der Waals surface area contributed by atoms with Crippen molar-refractivity contribution in [1.82, 2.24) is 9.38 Å². The number of esters is 1. The first-order chi connectivity index (χ1) is 12.7. The molecule has 26 heavy (non-hydrogen) atoms. The summed E-state index contributed by atoms with van der Waals surface area (Å²) in [6, 6.07) is 11.6. The van der Waals surface area contributed by atoms with Crippen molar-refractivity contribution < 1.29 is 18.7 Å². The lowest BCUT2D eigenvalue weighted by Crippen LogP contribution is -2.12. The van der Waals surface area contributed by atoms with Crippen LogP contribution >= 0.6 is 0 Å². The number of rotatable bonds is 5. The van der Waals surface area contributed by atoms with E-state index in [-0.39, 0.29) is 19.0 Å². The van der Waals surface area contributed by atoms with Crippen LogP contribution in [0.4, 0.5) is 4.39 Å². The van der Waals surface area contributed by atoms with Gasteiger partial charge in [0.05, 0.1) is 13.2 Å². The average Bonchev–Trinajstić information content (AvgIpc) is 2.99. The van der Waals surface area contributed by atoms with Gasteiger partial charge in [-0.05, 0) is 49.2 Å². The Morgan fingerprint density at radius 1 is 1.19 bits per heavy atom. The van der Waals surface area contributed by atoms with Gasteiger partial charge in [-0.3, -0.25) is 4.40 Å². The molecular formula is C20H17FN2O3. The molecule has 0 saturated heterocycles. The van der Waals surface area contributed by atoms with Crippen LogP contribution in [0.2, 0.25) is 0 Å². The van der Waals surface area contributed by atoms with E-state index >= 15 is 0 Å². The van der Waals surface area contributed by atoms with Crippen molar-refractivity contribution in [2.45, 2.75) is 13.5 Å². The fourth-order valence-corrected chi connectivity index (χ4v) is 2.38. The largest absolute Gasteiger partial charge is 0.464 e. The normalized spacial score (nSPS) is 10.4. The molecule has 0 N–H and O–H groups in total. The van der Waals surface area contributed by atoms with E-state index in [4.69, 9.17) is 9.47 Å².